The van der Waals surface area contributed by atoms with Crippen LogP contribution in [0.4, 0.5) is 0 Å². The third-order valence-corrected chi connectivity index (χ3v) is 1.81. The number of aliphatic carboxylic acids is 2. The topological polar surface area (TPSA) is 80.3 Å². The van der Waals surface area contributed by atoms with E-state index in [0.717, 1.165) is 0 Å². The summed E-state index contributed by atoms with van der Waals surface area (Å²) in [6.45, 7) is 2.93. The summed E-state index contributed by atoms with van der Waals surface area (Å²) in [4.78, 5) is 20.5. The minimum absolute atomic E-state index is 0.226. The fraction of sp³-hybridized carbons (Fsp3) is 0.714. The van der Waals surface area contributed by atoms with Crippen molar-refractivity contribution in [3.05, 3.63) is 0 Å². The minimum Gasteiger partial charge on any atom is -0.550 e. The number of rotatable bonds is 4. The van der Waals surface area contributed by atoms with Crippen molar-refractivity contribution < 1.29 is 19.8 Å². The molecule has 0 rings (SSSR count). The van der Waals surface area contributed by atoms with E-state index in [0.29, 0.717) is 0 Å². The van der Waals surface area contributed by atoms with Gasteiger partial charge in [-0.25, -0.2) is 0 Å². The van der Waals surface area contributed by atoms with Crippen molar-refractivity contribution in [3.63, 3.8) is 0 Å². The maximum absolute atomic E-state index is 10.4. The summed E-state index contributed by atoms with van der Waals surface area (Å²) in [5, 5.41) is 20.5. The van der Waals surface area contributed by atoms with Crippen molar-refractivity contribution in [2.75, 3.05) is 0 Å². The summed E-state index contributed by atoms with van der Waals surface area (Å²) >= 11 is 0. The number of hydrogen-bond acceptors (Lipinski definition) is 4. The first-order valence-electron chi connectivity index (χ1n) is 3.33. The number of carboxylic acid groups (broad SMARTS) is 2. The Morgan fingerprint density at radius 2 is 1.82 bits per heavy atom. The second-order valence-corrected chi connectivity index (χ2v) is 2.75. The van der Waals surface area contributed by atoms with Crippen LogP contribution in [0.25, 0.3) is 0 Å². The van der Waals surface area contributed by atoms with Crippen LogP contribution in [0.15, 0.2) is 0 Å². The Bertz CT molecular complexity index is 175. The standard InChI is InChI=1S/C7H12O4/c1-3-7(2,6(10)11)4-5(8)9/h3-4H2,1-2H3,(H,8,9)(H,10,11)/p-2/t7-/m1/s1. The van der Waals surface area contributed by atoms with Gasteiger partial charge in [-0.3, -0.25) is 0 Å². The maximum Gasteiger partial charge on any atom is 0.0477 e. The van der Waals surface area contributed by atoms with Crippen LogP contribution in [0, 0.1) is 5.41 Å². The van der Waals surface area contributed by atoms with Crippen molar-refractivity contribution in [1.29, 1.82) is 0 Å². The molecular weight excluding hydrogens is 148 g/mol. The molecule has 0 aliphatic carbocycles. The molecule has 0 fully saturated rings. The molecule has 1 atom stereocenters. The molecule has 64 valence electrons. The van der Waals surface area contributed by atoms with Gasteiger partial charge in [-0.05, 0) is 12.8 Å². The van der Waals surface area contributed by atoms with Crippen molar-refractivity contribution in [2.24, 2.45) is 5.41 Å². The monoisotopic (exact) mass is 158 g/mol. The van der Waals surface area contributed by atoms with Crippen LogP contribution in [0.1, 0.15) is 26.7 Å². The molecule has 0 amide bonds. The second kappa shape index (κ2) is 3.37. The van der Waals surface area contributed by atoms with Gasteiger partial charge < -0.3 is 19.8 Å². The summed E-state index contributed by atoms with van der Waals surface area (Å²) in [6, 6.07) is 0. The molecule has 0 aliphatic heterocycles. The molecular formula is C7H10O4-2. The molecule has 4 heteroatoms. The lowest BCUT2D eigenvalue weighted by molar-refractivity contribution is -0.327. The van der Waals surface area contributed by atoms with Crippen LogP contribution in [-0.2, 0) is 9.59 Å². The van der Waals surface area contributed by atoms with E-state index in [2.05, 4.69) is 0 Å². The molecule has 0 radical (unpaired) electrons. The van der Waals surface area contributed by atoms with E-state index in [1.54, 1.807) is 6.92 Å². The van der Waals surface area contributed by atoms with E-state index in [9.17, 15) is 19.8 Å². The van der Waals surface area contributed by atoms with E-state index < -0.39 is 23.8 Å². The van der Waals surface area contributed by atoms with Crippen molar-refractivity contribution >= 4 is 11.9 Å². The smallest absolute Gasteiger partial charge is 0.0477 e. The minimum atomic E-state index is -1.36. The quantitative estimate of drug-likeness (QED) is 0.488. The van der Waals surface area contributed by atoms with Gasteiger partial charge in [0, 0.05) is 17.4 Å². The highest BCUT2D eigenvalue weighted by atomic mass is 16.4. The van der Waals surface area contributed by atoms with Crippen LogP contribution in [-0.4, -0.2) is 11.9 Å². The van der Waals surface area contributed by atoms with Gasteiger partial charge in [-0.15, -0.1) is 0 Å². The van der Waals surface area contributed by atoms with Crippen LogP contribution in [0.2, 0.25) is 0 Å². The lowest BCUT2D eigenvalue weighted by atomic mass is 9.84. The Hall–Kier alpha value is -1.06. The molecule has 4 nitrogen and oxygen atoms in total. The molecule has 0 aliphatic rings. The summed E-state index contributed by atoms with van der Waals surface area (Å²) in [6.07, 6.45) is -0.269. The predicted molar refractivity (Wildman–Crippen MR) is 33.0 cm³/mol. The highest BCUT2D eigenvalue weighted by Crippen LogP contribution is 2.23. The third kappa shape index (κ3) is 2.57. The van der Waals surface area contributed by atoms with Gasteiger partial charge in [0.05, 0.1) is 0 Å². The molecule has 0 aromatic heterocycles. The zero-order valence-electron chi connectivity index (χ0n) is 6.55. The Balaban J connectivity index is 4.34. The average Bonchev–Trinajstić information content (AvgIpc) is 1.86. The number of carbonyl (C=O) groups excluding carboxylic acids is 2. The average molecular weight is 158 g/mol. The Morgan fingerprint density at radius 3 is 1.91 bits per heavy atom. The lowest BCUT2D eigenvalue weighted by Crippen LogP contribution is -2.43. The van der Waals surface area contributed by atoms with Crippen LogP contribution >= 0.6 is 0 Å². The molecule has 11 heavy (non-hydrogen) atoms. The van der Waals surface area contributed by atoms with E-state index in [1.165, 1.54) is 6.92 Å². The van der Waals surface area contributed by atoms with E-state index in [-0.39, 0.29) is 6.42 Å². The lowest BCUT2D eigenvalue weighted by Gasteiger charge is -2.29. The molecule has 0 spiro atoms. The fourth-order valence-corrected chi connectivity index (χ4v) is 0.660. The Labute approximate surface area is 64.8 Å². The van der Waals surface area contributed by atoms with Gasteiger partial charge in [-0.1, -0.05) is 13.8 Å². The van der Waals surface area contributed by atoms with Crippen LogP contribution in [0.5, 0.6) is 0 Å². The summed E-state index contributed by atoms with van der Waals surface area (Å²) < 4.78 is 0. The molecule has 0 aromatic carbocycles. The maximum atomic E-state index is 10.4. The zero-order valence-corrected chi connectivity index (χ0v) is 6.55. The molecule has 0 heterocycles. The first-order chi connectivity index (χ1) is 4.92. The zero-order chi connectivity index (χ0) is 9.07. The second-order valence-electron chi connectivity index (χ2n) is 2.75. The third-order valence-electron chi connectivity index (χ3n) is 1.81. The summed E-state index contributed by atoms with van der Waals surface area (Å²) in [7, 11) is 0. The van der Waals surface area contributed by atoms with Gasteiger partial charge in [0.25, 0.3) is 0 Å². The van der Waals surface area contributed by atoms with Crippen molar-refractivity contribution in [2.45, 2.75) is 26.7 Å². The first-order valence-corrected chi connectivity index (χ1v) is 3.33. The molecule has 0 saturated carbocycles. The van der Waals surface area contributed by atoms with E-state index >= 15 is 0 Å². The highest BCUT2D eigenvalue weighted by molar-refractivity contribution is 5.78. The van der Waals surface area contributed by atoms with Crippen LogP contribution < -0.4 is 10.2 Å². The number of hydrogen-bond donors (Lipinski definition) is 0. The van der Waals surface area contributed by atoms with Gasteiger partial charge >= 0.3 is 0 Å². The van der Waals surface area contributed by atoms with Crippen molar-refractivity contribution in [3.8, 4) is 0 Å². The Kier molecular flexibility index (Phi) is 3.04. The van der Waals surface area contributed by atoms with Gasteiger partial charge in [-0.2, -0.15) is 0 Å². The van der Waals surface area contributed by atoms with Gasteiger partial charge in [0.1, 0.15) is 0 Å². The SMILES string of the molecule is CC[C@](C)(CC(=O)[O-])C(=O)[O-]. The Morgan fingerprint density at radius 1 is 1.36 bits per heavy atom. The molecule has 0 saturated heterocycles. The fourth-order valence-electron chi connectivity index (χ4n) is 0.660. The molecule has 0 unspecified atom stereocenters. The van der Waals surface area contributed by atoms with E-state index in [4.69, 9.17) is 0 Å². The predicted octanol–water partition coefficient (Wildman–Crippen LogP) is -1.71. The van der Waals surface area contributed by atoms with Crippen molar-refractivity contribution in [1.82, 2.24) is 0 Å². The molecule has 0 N–H and O–H groups in total. The first kappa shape index (κ1) is 9.94. The largest absolute Gasteiger partial charge is 0.550 e. The van der Waals surface area contributed by atoms with E-state index in [1.807, 2.05) is 0 Å². The normalized spacial score (nSPS) is 15.5. The number of carbonyl (C=O) groups is 2. The van der Waals surface area contributed by atoms with Gasteiger partial charge in [0.15, 0.2) is 0 Å². The number of carboxylic acids is 2. The molecule has 0 aromatic rings. The van der Waals surface area contributed by atoms with Gasteiger partial charge in [0.2, 0.25) is 0 Å². The highest BCUT2D eigenvalue weighted by Gasteiger charge is 2.23. The molecule has 0 bridgehead atoms. The van der Waals surface area contributed by atoms with Crippen LogP contribution in [0.3, 0.4) is 0 Å². The summed E-state index contributed by atoms with van der Waals surface area (Å²) in [5.74, 6) is -2.71. The summed E-state index contributed by atoms with van der Waals surface area (Å²) in [5.41, 5.74) is -1.29.